The second-order valence-corrected chi connectivity index (χ2v) is 6.94. The number of nitro groups is 1. The predicted octanol–water partition coefficient (Wildman–Crippen LogP) is 3.00. The van der Waals surface area contributed by atoms with Gasteiger partial charge in [-0.2, -0.15) is 0 Å². The average molecular weight is 343 g/mol. The number of pyridine rings is 1. The number of benzene rings is 1. The van der Waals surface area contributed by atoms with Gasteiger partial charge in [0.1, 0.15) is 6.54 Å². The van der Waals surface area contributed by atoms with E-state index in [9.17, 15) is 19.7 Å². The number of aryl methyl sites for hydroxylation is 1. The Morgan fingerprint density at radius 1 is 1.24 bits per heavy atom. The monoisotopic (exact) mass is 343 g/mol. The van der Waals surface area contributed by atoms with Crippen molar-refractivity contribution in [2.75, 3.05) is 5.32 Å². The van der Waals surface area contributed by atoms with Crippen molar-refractivity contribution >= 4 is 17.3 Å². The Morgan fingerprint density at radius 2 is 1.84 bits per heavy atom. The largest absolute Gasteiger partial charge is 0.325 e. The maximum Gasteiger partial charge on any atom is 0.288 e. The fraction of sp³-hybridized carbons (Fsp3) is 0.333. The molecule has 0 aliphatic rings. The Balaban J connectivity index is 2.14. The lowest BCUT2D eigenvalue weighted by molar-refractivity contribution is -0.385. The summed E-state index contributed by atoms with van der Waals surface area (Å²) in [5, 5.41) is 13.7. The van der Waals surface area contributed by atoms with Crippen LogP contribution in [0.4, 0.5) is 11.4 Å². The molecule has 0 unspecified atom stereocenters. The van der Waals surface area contributed by atoms with E-state index >= 15 is 0 Å². The molecule has 1 amide bonds. The summed E-state index contributed by atoms with van der Waals surface area (Å²) in [5.74, 6) is -0.427. The van der Waals surface area contributed by atoms with Gasteiger partial charge in [0.05, 0.1) is 11.1 Å². The number of carbonyl (C=O) groups excluding carboxylic acids is 1. The molecule has 132 valence electrons. The fourth-order valence-electron chi connectivity index (χ4n) is 2.38. The molecule has 2 rings (SSSR count). The minimum absolute atomic E-state index is 0.0106. The van der Waals surface area contributed by atoms with Crippen LogP contribution in [0.2, 0.25) is 0 Å². The molecule has 0 saturated carbocycles. The van der Waals surface area contributed by atoms with Gasteiger partial charge in [0.25, 0.3) is 11.2 Å². The molecule has 0 aliphatic carbocycles. The Hall–Kier alpha value is -2.96. The van der Waals surface area contributed by atoms with Crippen LogP contribution in [0.25, 0.3) is 0 Å². The van der Waals surface area contributed by atoms with Crippen LogP contribution in [0, 0.1) is 17.0 Å². The quantitative estimate of drug-likeness (QED) is 0.682. The van der Waals surface area contributed by atoms with Crippen molar-refractivity contribution in [1.29, 1.82) is 0 Å². The van der Waals surface area contributed by atoms with Gasteiger partial charge in [-0.25, -0.2) is 0 Å². The number of hydrogen-bond acceptors (Lipinski definition) is 4. The highest BCUT2D eigenvalue weighted by molar-refractivity contribution is 5.90. The summed E-state index contributed by atoms with van der Waals surface area (Å²) in [4.78, 5) is 34.4. The minimum Gasteiger partial charge on any atom is -0.325 e. The molecule has 1 N–H and O–H groups in total. The molecule has 0 bridgehead atoms. The Labute approximate surface area is 145 Å². The maximum absolute atomic E-state index is 12.1. The summed E-state index contributed by atoms with van der Waals surface area (Å²) in [6.07, 6.45) is 1.10. The van der Waals surface area contributed by atoms with Gasteiger partial charge in [-0.3, -0.25) is 24.3 Å². The SMILES string of the molecule is Cc1cc(=O)n(CC(=O)Nc2ccc(C(C)(C)C)cc2)cc1[N+](=O)[O-]. The molecule has 7 heteroatoms. The molecule has 7 nitrogen and oxygen atoms in total. The summed E-state index contributed by atoms with van der Waals surface area (Å²) in [6.45, 7) is 7.48. The van der Waals surface area contributed by atoms with E-state index in [1.807, 2.05) is 12.1 Å². The van der Waals surface area contributed by atoms with Gasteiger partial charge in [0.2, 0.25) is 5.91 Å². The number of nitrogens with zero attached hydrogens (tertiary/aromatic N) is 2. The Kier molecular flexibility index (Phi) is 5.06. The van der Waals surface area contributed by atoms with Crippen LogP contribution < -0.4 is 10.9 Å². The van der Waals surface area contributed by atoms with E-state index in [-0.39, 0.29) is 23.2 Å². The molecule has 0 saturated heterocycles. The van der Waals surface area contributed by atoms with Crippen LogP contribution in [0.3, 0.4) is 0 Å². The molecule has 25 heavy (non-hydrogen) atoms. The maximum atomic E-state index is 12.1. The first kappa shape index (κ1) is 18.4. The molecule has 1 heterocycles. The van der Waals surface area contributed by atoms with Crippen molar-refractivity contribution in [2.24, 2.45) is 0 Å². The molecular weight excluding hydrogens is 322 g/mol. The smallest absolute Gasteiger partial charge is 0.288 e. The number of anilines is 1. The van der Waals surface area contributed by atoms with Gasteiger partial charge in [-0.05, 0) is 30.0 Å². The molecule has 0 atom stereocenters. The van der Waals surface area contributed by atoms with Crippen molar-refractivity contribution in [3.8, 4) is 0 Å². The van der Waals surface area contributed by atoms with Gasteiger partial charge in [-0.15, -0.1) is 0 Å². The molecule has 1 aromatic carbocycles. The number of rotatable bonds is 4. The minimum atomic E-state index is -0.575. The second kappa shape index (κ2) is 6.88. The van der Waals surface area contributed by atoms with Crippen molar-refractivity contribution in [2.45, 2.75) is 39.7 Å². The topological polar surface area (TPSA) is 94.2 Å². The van der Waals surface area contributed by atoms with Gasteiger partial charge in [-0.1, -0.05) is 32.9 Å². The first-order valence-corrected chi connectivity index (χ1v) is 7.84. The normalized spacial score (nSPS) is 11.2. The standard InChI is InChI=1S/C18H21N3O4/c1-12-9-17(23)20(10-15(12)21(24)25)11-16(22)19-14-7-5-13(6-8-14)18(2,3)4/h5-10H,11H2,1-4H3,(H,19,22). The summed E-state index contributed by atoms with van der Waals surface area (Å²) >= 11 is 0. The number of hydrogen-bond donors (Lipinski definition) is 1. The zero-order chi connectivity index (χ0) is 18.8. The van der Waals surface area contributed by atoms with E-state index in [1.165, 1.54) is 6.92 Å². The molecule has 2 aromatic rings. The highest BCUT2D eigenvalue weighted by Crippen LogP contribution is 2.23. The first-order chi connectivity index (χ1) is 11.6. The van der Waals surface area contributed by atoms with Gasteiger partial charge in [0.15, 0.2) is 0 Å². The number of amides is 1. The summed E-state index contributed by atoms with van der Waals surface area (Å²) < 4.78 is 1.03. The predicted molar refractivity (Wildman–Crippen MR) is 95.9 cm³/mol. The summed E-state index contributed by atoms with van der Waals surface area (Å²) in [5.41, 5.74) is 1.37. The fourth-order valence-corrected chi connectivity index (χ4v) is 2.38. The average Bonchev–Trinajstić information content (AvgIpc) is 2.49. The summed E-state index contributed by atoms with van der Waals surface area (Å²) in [6, 6.07) is 8.60. The molecule has 0 radical (unpaired) electrons. The number of aromatic nitrogens is 1. The van der Waals surface area contributed by atoms with Crippen LogP contribution in [-0.2, 0) is 16.8 Å². The zero-order valence-electron chi connectivity index (χ0n) is 14.7. The first-order valence-electron chi connectivity index (χ1n) is 7.84. The van der Waals surface area contributed by atoms with Gasteiger partial charge >= 0.3 is 0 Å². The molecule has 0 aliphatic heterocycles. The van der Waals surface area contributed by atoms with E-state index in [1.54, 1.807) is 12.1 Å². The van der Waals surface area contributed by atoms with E-state index in [2.05, 4.69) is 26.1 Å². The highest BCUT2D eigenvalue weighted by atomic mass is 16.6. The summed E-state index contributed by atoms with van der Waals surface area (Å²) in [7, 11) is 0. The number of carbonyl (C=O) groups is 1. The number of nitrogens with one attached hydrogen (secondary N) is 1. The third-order valence-electron chi connectivity index (χ3n) is 3.85. The van der Waals surface area contributed by atoms with Crippen LogP contribution in [0.1, 0.15) is 31.9 Å². The van der Waals surface area contributed by atoms with Crippen LogP contribution in [0.5, 0.6) is 0 Å². The lowest BCUT2D eigenvalue weighted by Crippen LogP contribution is -2.27. The van der Waals surface area contributed by atoms with E-state index < -0.39 is 16.4 Å². The van der Waals surface area contributed by atoms with Crippen molar-refractivity contribution in [3.63, 3.8) is 0 Å². The molecule has 0 fully saturated rings. The molecule has 1 aromatic heterocycles. The third kappa shape index (κ3) is 4.53. The van der Waals surface area contributed by atoms with Gasteiger partial charge < -0.3 is 5.32 Å². The van der Waals surface area contributed by atoms with E-state index in [0.717, 1.165) is 22.4 Å². The Morgan fingerprint density at radius 3 is 2.36 bits per heavy atom. The molecule has 0 spiro atoms. The van der Waals surface area contributed by atoms with Crippen molar-refractivity contribution in [3.05, 3.63) is 68.1 Å². The Bertz CT molecular complexity index is 861. The van der Waals surface area contributed by atoms with Crippen LogP contribution in [0.15, 0.2) is 41.3 Å². The van der Waals surface area contributed by atoms with E-state index in [4.69, 9.17) is 0 Å². The lowest BCUT2D eigenvalue weighted by atomic mass is 9.87. The van der Waals surface area contributed by atoms with Crippen molar-refractivity contribution in [1.82, 2.24) is 4.57 Å². The zero-order valence-corrected chi connectivity index (χ0v) is 14.7. The molecular formula is C18H21N3O4. The second-order valence-electron chi connectivity index (χ2n) is 6.94. The van der Waals surface area contributed by atoms with Crippen LogP contribution in [-0.4, -0.2) is 15.4 Å². The van der Waals surface area contributed by atoms with Crippen LogP contribution >= 0.6 is 0 Å². The third-order valence-corrected chi connectivity index (χ3v) is 3.85. The van der Waals surface area contributed by atoms with Gasteiger partial charge in [0, 0.05) is 17.3 Å². The van der Waals surface area contributed by atoms with Crippen molar-refractivity contribution < 1.29 is 9.72 Å². The van der Waals surface area contributed by atoms with E-state index in [0.29, 0.717) is 5.69 Å². The highest BCUT2D eigenvalue weighted by Gasteiger charge is 2.16. The lowest BCUT2D eigenvalue weighted by Gasteiger charge is -2.19.